The molecule has 0 bridgehead atoms. The summed E-state index contributed by atoms with van der Waals surface area (Å²) >= 11 is 0. The first-order valence-electron chi connectivity index (χ1n) is 8.99. The molecule has 2 aromatic rings. The lowest BCUT2D eigenvalue weighted by Crippen LogP contribution is -2.46. The van der Waals surface area contributed by atoms with Crippen molar-refractivity contribution in [1.82, 2.24) is 10.2 Å². The number of hydrogen-bond donors (Lipinski definition) is 1. The van der Waals surface area contributed by atoms with E-state index in [9.17, 15) is 4.79 Å². The van der Waals surface area contributed by atoms with Gasteiger partial charge < -0.3 is 15.1 Å². The molecule has 1 amide bonds. The van der Waals surface area contributed by atoms with Crippen LogP contribution in [-0.2, 0) is 4.79 Å². The van der Waals surface area contributed by atoms with Crippen molar-refractivity contribution in [3.8, 4) is 0 Å². The van der Waals surface area contributed by atoms with Crippen LogP contribution in [0.3, 0.4) is 0 Å². The van der Waals surface area contributed by atoms with Crippen LogP contribution in [0, 0.1) is 5.92 Å². The lowest BCUT2D eigenvalue weighted by molar-refractivity contribution is -0.122. The minimum atomic E-state index is 0.0739. The van der Waals surface area contributed by atoms with E-state index >= 15 is 0 Å². The topological polar surface area (TPSA) is 61.4 Å². The van der Waals surface area contributed by atoms with Gasteiger partial charge in [0.05, 0.1) is 0 Å². The van der Waals surface area contributed by atoms with E-state index in [0.717, 1.165) is 51.3 Å². The van der Waals surface area contributed by atoms with E-state index in [0.29, 0.717) is 5.82 Å². The third-order valence-corrected chi connectivity index (χ3v) is 5.10. The number of aromatic nitrogens is 2. The lowest BCUT2D eigenvalue weighted by Gasteiger charge is -2.36. The average Bonchev–Trinajstić information content (AvgIpc) is 2.62. The van der Waals surface area contributed by atoms with Gasteiger partial charge in [0.2, 0.25) is 5.91 Å². The predicted molar refractivity (Wildman–Crippen MR) is 98.9 cm³/mol. The Labute approximate surface area is 147 Å². The molecule has 25 heavy (non-hydrogen) atoms. The molecule has 4 rings (SSSR count). The van der Waals surface area contributed by atoms with Crippen LogP contribution >= 0.6 is 0 Å². The number of hydrogen-bond acceptors (Lipinski definition) is 5. The summed E-state index contributed by atoms with van der Waals surface area (Å²) in [5.41, 5.74) is 1.27. The van der Waals surface area contributed by atoms with Crippen LogP contribution in [0.5, 0.6) is 0 Å². The van der Waals surface area contributed by atoms with Crippen LogP contribution in [-0.4, -0.2) is 42.3 Å². The highest BCUT2D eigenvalue weighted by atomic mass is 16.2. The number of para-hydroxylation sites is 1. The molecule has 2 aliphatic rings. The molecule has 1 aliphatic carbocycles. The summed E-state index contributed by atoms with van der Waals surface area (Å²) in [6.45, 7) is 3.76. The van der Waals surface area contributed by atoms with E-state index in [1.54, 1.807) is 0 Å². The van der Waals surface area contributed by atoms with Crippen LogP contribution in [0.4, 0.5) is 17.3 Å². The number of amides is 1. The van der Waals surface area contributed by atoms with E-state index in [-0.39, 0.29) is 11.8 Å². The average molecular weight is 337 g/mol. The first kappa shape index (κ1) is 15.9. The van der Waals surface area contributed by atoms with E-state index < -0.39 is 0 Å². The Morgan fingerprint density at radius 3 is 2.24 bits per heavy atom. The first-order valence-corrected chi connectivity index (χ1v) is 8.99. The summed E-state index contributed by atoms with van der Waals surface area (Å²) in [7, 11) is 0. The van der Waals surface area contributed by atoms with Gasteiger partial charge in [0, 0.05) is 37.8 Å². The monoisotopic (exact) mass is 337 g/mol. The molecule has 0 atom stereocenters. The van der Waals surface area contributed by atoms with E-state index in [2.05, 4.69) is 49.6 Å². The van der Waals surface area contributed by atoms with E-state index in [4.69, 9.17) is 0 Å². The maximum Gasteiger partial charge on any atom is 0.228 e. The number of carbonyl (C=O) groups is 1. The van der Waals surface area contributed by atoms with E-state index in [1.807, 2.05) is 18.2 Å². The van der Waals surface area contributed by atoms with Crippen molar-refractivity contribution in [1.29, 1.82) is 0 Å². The van der Waals surface area contributed by atoms with Crippen LogP contribution in [0.1, 0.15) is 19.3 Å². The molecular formula is C19H23N5O. The van der Waals surface area contributed by atoms with Gasteiger partial charge in [-0.05, 0) is 37.1 Å². The third kappa shape index (κ3) is 3.57. The molecule has 1 aromatic carbocycles. The van der Waals surface area contributed by atoms with Crippen molar-refractivity contribution in [3.05, 3.63) is 42.5 Å². The Bertz CT molecular complexity index is 706. The Morgan fingerprint density at radius 2 is 1.64 bits per heavy atom. The quantitative estimate of drug-likeness (QED) is 0.929. The van der Waals surface area contributed by atoms with Gasteiger partial charge in [0.1, 0.15) is 0 Å². The van der Waals surface area contributed by atoms with Gasteiger partial charge in [-0.15, -0.1) is 10.2 Å². The fourth-order valence-electron chi connectivity index (χ4n) is 3.29. The van der Waals surface area contributed by atoms with Gasteiger partial charge in [-0.2, -0.15) is 0 Å². The van der Waals surface area contributed by atoms with Gasteiger partial charge in [0.15, 0.2) is 11.6 Å². The predicted octanol–water partition coefficient (Wildman–Crippen LogP) is 2.54. The minimum absolute atomic E-state index is 0.0739. The number of rotatable bonds is 4. The van der Waals surface area contributed by atoms with Gasteiger partial charge in [-0.1, -0.05) is 24.6 Å². The summed E-state index contributed by atoms with van der Waals surface area (Å²) in [5.74, 6) is 1.65. The molecule has 1 saturated carbocycles. The Balaban J connectivity index is 1.33. The standard InChI is InChI=1S/C19H23N5O/c25-19(15-5-4-6-15)20-17-9-10-18(22-21-17)24-13-11-23(12-14-24)16-7-2-1-3-8-16/h1-3,7-10,15H,4-6,11-14H2,(H,20,21,25). The van der Waals surface area contributed by atoms with Gasteiger partial charge in [-0.25, -0.2) is 0 Å². The van der Waals surface area contributed by atoms with Gasteiger partial charge >= 0.3 is 0 Å². The molecule has 6 heteroatoms. The second-order valence-electron chi connectivity index (χ2n) is 6.70. The molecule has 2 heterocycles. The Morgan fingerprint density at radius 1 is 0.920 bits per heavy atom. The summed E-state index contributed by atoms with van der Waals surface area (Å²) in [6.07, 6.45) is 3.13. The van der Waals surface area contributed by atoms with Crippen molar-refractivity contribution in [2.45, 2.75) is 19.3 Å². The van der Waals surface area contributed by atoms with Gasteiger partial charge in [0.25, 0.3) is 0 Å². The molecule has 1 aromatic heterocycles. The van der Waals surface area contributed by atoms with Crippen molar-refractivity contribution in [3.63, 3.8) is 0 Å². The minimum Gasteiger partial charge on any atom is -0.368 e. The molecule has 6 nitrogen and oxygen atoms in total. The number of nitrogens with one attached hydrogen (secondary N) is 1. The zero-order valence-electron chi connectivity index (χ0n) is 14.3. The second kappa shape index (κ2) is 7.09. The number of nitrogens with zero attached hydrogens (tertiary/aromatic N) is 4. The van der Waals surface area contributed by atoms with Crippen LogP contribution in [0.2, 0.25) is 0 Å². The Hall–Kier alpha value is -2.63. The maximum atomic E-state index is 12.0. The fraction of sp³-hybridized carbons (Fsp3) is 0.421. The van der Waals surface area contributed by atoms with Crippen molar-refractivity contribution < 1.29 is 4.79 Å². The normalized spacial score (nSPS) is 17.9. The maximum absolute atomic E-state index is 12.0. The number of benzene rings is 1. The SMILES string of the molecule is O=C(Nc1ccc(N2CCN(c3ccccc3)CC2)nn1)C1CCC1. The molecule has 130 valence electrons. The van der Waals surface area contributed by atoms with Crippen molar-refractivity contribution in [2.24, 2.45) is 5.92 Å². The number of anilines is 3. The summed E-state index contributed by atoms with van der Waals surface area (Å²) in [4.78, 5) is 16.6. The highest BCUT2D eigenvalue weighted by molar-refractivity contribution is 5.92. The van der Waals surface area contributed by atoms with Crippen LogP contribution in [0.25, 0.3) is 0 Å². The van der Waals surface area contributed by atoms with Crippen LogP contribution in [0.15, 0.2) is 42.5 Å². The smallest absolute Gasteiger partial charge is 0.228 e. The van der Waals surface area contributed by atoms with Crippen molar-refractivity contribution >= 4 is 23.2 Å². The molecule has 1 aliphatic heterocycles. The molecule has 1 N–H and O–H groups in total. The number of piperazine rings is 1. The highest BCUT2D eigenvalue weighted by Crippen LogP contribution is 2.27. The summed E-state index contributed by atoms with van der Waals surface area (Å²) < 4.78 is 0. The zero-order chi connectivity index (χ0) is 17.1. The van der Waals surface area contributed by atoms with Crippen molar-refractivity contribution in [2.75, 3.05) is 41.3 Å². The van der Waals surface area contributed by atoms with Gasteiger partial charge in [-0.3, -0.25) is 4.79 Å². The second-order valence-corrected chi connectivity index (χ2v) is 6.70. The molecule has 2 fully saturated rings. The lowest BCUT2D eigenvalue weighted by atomic mass is 9.85. The zero-order valence-corrected chi connectivity index (χ0v) is 14.3. The summed E-state index contributed by atoms with van der Waals surface area (Å²) in [6, 6.07) is 14.3. The molecule has 0 unspecified atom stereocenters. The first-order chi connectivity index (χ1) is 12.3. The van der Waals surface area contributed by atoms with Crippen LogP contribution < -0.4 is 15.1 Å². The summed E-state index contributed by atoms with van der Waals surface area (Å²) in [5, 5.41) is 11.3. The Kier molecular flexibility index (Phi) is 4.50. The molecule has 0 spiro atoms. The third-order valence-electron chi connectivity index (χ3n) is 5.10. The van der Waals surface area contributed by atoms with E-state index in [1.165, 1.54) is 5.69 Å². The number of carbonyl (C=O) groups excluding carboxylic acids is 1. The molecule has 0 radical (unpaired) electrons. The largest absolute Gasteiger partial charge is 0.368 e. The molecule has 1 saturated heterocycles. The molecular weight excluding hydrogens is 314 g/mol. The fourth-order valence-corrected chi connectivity index (χ4v) is 3.29. The highest BCUT2D eigenvalue weighted by Gasteiger charge is 2.25.